The lowest BCUT2D eigenvalue weighted by Gasteiger charge is -2.18. The van der Waals surface area contributed by atoms with Crippen LogP contribution in [0.4, 0.5) is 0 Å². The molecule has 1 aromatic rings. The zero-order valence-corrected chi connectivity index (χ0v) is 12.9. The highest BCUT2D eigenvalue weighted by atomic mass is 32.1. The largest absolute Gasteiger partial charge is 0.479 e. The molecular formula is C13H20N2O4S. The number of rotatable bonds is 6. The van der Waals surface area contributed by atoms with Gasteiger partial charge in [0.2, 0.25) is 0 Å². The molecule has 6 nitrogen and oxygen atoms in total. The molecule has 0 bridgehead atoms. The summed E-state index contributed by atoms with van der Waals surface area (Å²) in [7, 11) is 0. The van der Waals surface area contributed by atoms with Crippen molar-refractivity contribution >= 4 is 23.2 Å². The van der Waals surface area contributed by atoms with Gasteiger partial charge >= 0.3 is 5.97 Å². The van der Waals surface area contributed by atoms with Crippen molar-refractivity contribution in [3.63, 3.8) is 0 Å². The summed E-state index contributed by atoms with van der Waals surface area (Å²) in [5.74, 6) is -1.40. The average molecular weight is 300 g/mol. The van der Waals surface area contributed by atoms with Crippen LogP contribution in [-0.4, -0.2) is 39.2 Å². The van der Waals surface area contributed by atoms with Gasteiger partial charge in [-0.15, -0.1) is 11.3 Å². The molecule has 0 radical (unpaired) electrons. The van der Waals surface area contributed by atoms with E-state index in [4.69, 9.17) is 5.11 Å². The van der Waals surface area contributed by atoms with E-state index in [1.165, 1.54) is 11.3 Å². The molecule has 0 aromatic carbocycles. The Labute approximate surface area is 121 Å². The molecule has 1 rings (SSSR count). The van der Waals surface area contributed by atoms with Crippen LogP contribution in [-0.2, 0) is 11.2 Å². The third-order valence-electron chi connectivity index (χ3n) is 2.67. The maximum atomic E-state index is 12.1. The first kappa shape index (κ1) is 16.6. The number of hydrogen-bond donors (Lipinski definition) is 3. The molecule has 0 saturated heterocycles. The van der Waals surface area contributed by atoms with E-state index in [0.717, 1.165) is 17.6 Å². The van der Waals surface area contributed by atoms with Gasteiger partial charge in [-0.3, -0.25) is 4.79 Å². The highest BCUT2D eigenvalue weighted by molar-refractivity contribution is 7.13. The summed E-state index contributed by atoms with van der Waals surface area (Å²) in [6, 6.07) is 0. The molecule has 1 aromatic heterocycles. The number of hydrogen-bond acceptors (Lipinski definition) is 5. The Hall–Kier alpha value is -1.47. The van der Waals surface area contributed by atoms with Crippen LogP contribution in [0.3, 0.4) is 0 Å². The summed E-state index contributed by atoms with van der Waals surface area (Å²) in [4.78, 5) is 27.7. The number of carbonyl (C=O) groups excluding carboxylic acids is 1. The molecule has 0 aliphatic heterocycles. The fourth-order valence-electron chi connectivity index (χ4n) is 1.58. The second-order valence-electron chi connectivity index (χ2n) is 5.37. The molecule has 0 aliphatic rings. The number of aryl methyl sites for hydroxylation is 1. The lowest BCUT2D eigenvalue weighted by atomic mass is 10.1. The lowest BCUT2D eigenvalue weighted by molar-refractivity contribution is -0.155. The molecule has 20 heavy (non-hydrogen) atoms. The smallest absolute Gasteiger partial charge is 0.337 e. The van der Waals surface area contributed by atoms with Crippen LogP contribution in [0.5, 0.6) is 0 Å². The number of aliphatic hydroxyl groups is 1. The Kier molecular flexibility index (Phi) is 5.24. The zero-order chi connectivity index (χ0) is 15.5. The van der Waals surface area contributed by atoms with Crippen LogP contribution in [0.1, 0.15) is 41.1 Å². The summed E-state index contributed by atoms with van der Waals surface area (Å²) in [5.41, 5.74) is -1.26. The van der Waals surface area contributed by atoms with E-state index in [-0.39, 0.29) is 6.54 Å². The first-order chi connectivity index (χ1) is 9.13. The van der Waals surface area contributed by atoms with Crippen LogP contribution in [0.2, 0.25) is 0 Å². The van der Waals surface area contributed by atoms with E-state index in [1.54, 1.807) is 0 Å². The number of nitrogens with one attached hydrogen (secondary N) is 1. The van der Waals surface area contributed by atoms with Crippen LogP contribution < -0.4 is 5.32 Å². The van der Waals surface area contributed by atoms with E-state index in [9.17, 15) is 14.7 Å². The summed E-state index contributed by atoms with van der Waals surface area (Å²) < 4.78 is 0. The molecule has 0 fully saturated rings. The SMILES string of the molecule is Cc1nc(CC(C)C)c(C(=O)NCC(C)(O)C(=O)O)s1. The number of carboxylic acid groups (broad SMARTS) is 1. The van der Waals surface area contributed by atoms with Gasteiger partial charge in [-0.2, -0.15) is 0 Å². The molecule has 0 saturated carbocycles. The van der Waals surface area contributed by atoms with E-state index < -0.39 is 17.5 Å². The standard InChI is InChI=1S/C13H20N2O4S/c1-7(2)5-9-10(20-8(3)15-9)11(16)14-6-13(4,19)12(17)18/h7,19H,5-6H2,1-4H3,(H,14,16)(H,17,18). The summed E-state index contributed by atoms with van der Waals surface area (Å²) >= 11 is 1.27. The number of amides is 1. The zero-order valence-electron chi connectivity index (χ0n) is 12.1. The van der Waals surface area contributed by atoms with Gasteiger partial charge in [-0.25, -0.2) is 9.78 Å². The monoisotopic (exact) mass is 300 g/mol. The number of aliphatic carboxylic acids is 1. The van der Waals surface area contributed by atoms with Crippen molar-refractivity contribution in [2.24, 2.45) is 5.92 Å². The summed E-state index contributed by atoms with van der Waals surface area (Å²) in [6.45, 7) is 6.68. The van der Waals surface area contributed by atoms with Gasteiger partial charge in [-0.1, -0.05) is 13.8 Å². The van der Waals surface area contributed by atoms with Gasteiger partial charge in [0.05, 0.1) is 17.2 Å². The number of nitrogens with zero attached hydrogens (tertiary/aromatic N) is 1. The number of carboxylic acids is 1. The number of aromatic nitrogens is 1. The first-order valence-electron chi connectivity index (χ1n) is 6.33. The Morgan fingerprint density at radius 3 is 2.55 bits per heavy atom. The topological polar surface area (TPSA) is 99.5 Å². The third kappa shape index (κ3) is 4.28. The van der Waals surface area contributed by atoms with Gasteiger partial charge in [0.15, 0.2) is 5.60 Å². The Morgan fingerprint density at radius 2 is 2.05 bits per heavy atom. The summed E-state index contributed by atoms with van der Waals surface area (Å²) in [5, 5.41) is 21.6. The van der Waals surface area contributed by atoms with Gasteiger partial charge in [-0.05, 0) is 26.2 Å². The van der Waals surface area contributed by atoms with Crippen molar-refractivity contribution in [3.8, 4) is 0 Å². The minimum absolute atomic E-state index is 0.348. The second-order valence-corrected chi connectivity index (χ2v) is 6.57. The van der Waals surface area contributed by atoms with Crippen molar-refractivity contribution in [3.05, 3.63) is 15.6 Å². The molecule has 1 atom stereocenters. The molecule has 3 N–H and O–H groups in total. The molecule has 0 spiro atoms. The van der Waals surface area contributed by atoms with E-state index in [2.05, 4.69) is 10.3 Å². The van der Waals surface area contributed by atoms with Crippen LogP contribution in [0, 0.1) is 12.8 Å². The minimum atomic E-state index is -1.98. The van der Waals surface area contributed by atoms with Gasteiger partial charge < -0.3 is 15.5 Å². The molecule has 1 amide bonds. The van der Waals surface area contributed by atoms with E-state index in [0.29, 0.717) is 17.2 Å². The third-order valence-corrected chi connectivity index (χ3v) is 3.68. The van der Waals surface area contributed by atoms with Crippen molar-refractivity contribution < 1.29 is 19.8 Å². The highest BCUT2D eigenvalue weighted by Gasteiger charge is 2.31. The maximum absolute atomic E-state index is 12.1. The average Bonchev–Trinajstić information content (AvgIpc) is 2.66. The predicted octanol–water partition coefficient (Wildman–Crippen LogP) is 1.22. The van der Waals surface area contributed by atoms with Crippen LogP contribution in [0.15, 0.2) is 0 Å². The Morgan fingerprint density at radius 1 is 1.45 bits per heavy atom. The molecule has 112 valence electrons. The first-order valence-corrected chi connectivity index (χ1v) is 7.15. The fraction of sp³-hybridized carbons (Fsp3) is 0.615. The predicted molar refractivity (Wildman–Crippen MR) is 76.0 cm³/mol. The maximum Gasteiger partial charge on any atom is 0.337 e. The Bertz CT molecular complexity index is 508. The molecule has 7 heteroatoms. The van der Waals surface area contributed by atoms with E-state index >= 15 is 0 Å². The van der Waals surface area contributed by atoms with Crippen molar-refractivity contribution in [2.45, 2.75) is 39.7 Å². The fourth-order valence-corrected chi connectivity index (χ4v) is 2.44. The van der Waals surface area contributed by atoms with Gasteiger partial charge in [0.1, 0.15) is 4.88 Å². The molecule has 1 unspecified atom stereocenters. The van der Waals surface area contributed by atoms with Crippen molar-refractivity contribution in [1.29, 1.82) is 0 Å². The number of thiazole rings is 1. The second kappa shape index (κ2) is 6.32. The molecule has 1 heterocycles. The van der Waals surface area contributed by atoms with E-state index in [1.807, 2.05) is 20.8 Å². The van der Waals surface area contributed by atoms with Crippen molar-refractivity contribution in [2.75, 3.05) is 6.54 Å². The molecule has 0 aliphatic carbocycles. The Balaban J connectivity index is 2.80. The summed E-state index contributed by atoms with van der Waals surface area (Å²) in [6.07, 6.45) is 0.683. The highest BCUT2D eigenvalue weighted by Crippen LogP contribution is 2.21. The lowest BCUT2D eigenvalue weighted by Crippen LogP contribution is -2.46. The van der Waals surface area contributed by atoms with Crippen molar-refractivity contribution in [1.82, 2.24) is 10.3 Å². The minimum Gasteiger partial charge on any atom is -0.479 e. The normalized spacial score (nSPS) is 14.1. The van der Waals surface area contributed by atoms with Crippen LogP contribution >= 0.6 is 11.3 Å². The molecular weight excluding hydrogens is 280 g/mol. The van der Waals surface area contributed by atoms with Crippen LogP contribution in [0.25, 0.3) is 0 Å². The quantitative estimate of drug-likeness (QED) is 0.733. The van der Waals surface area contributed by atoms with Gasteiger partial charge in [0.25, 0.3) is 5.91 Å². The van der Waals surface area contributed by atoms with Gasteiger partial charge in [0, 0.05) is 0 Å². The number of carbonyl (C=O) groups is 2.